The molecule has 0 saturated carbocycles. The molecule has 2 atom stereocenters. The van der Waals surface area contributed by atoms with Gasteiger partial charge in [0.2, 0.25) is 5.91 Å². The third-order valence-corrected chi connectivity index (χ3v) is 4.07. The number of carbonyl (C=O) groups is 1. The van der Waals surface area contributed by atoms with E-state index < -0.39 is 5.82 Å². The van der Waals surface area contributed by atoms with Crippen molar-refractivity contribution in [3.8, 4) is 5.75 Å². The van der Waals surface area contributed by atoms with Gasteiger partial charge in [-0.3, -0.25) is 4.79 Å². The fraction of sp³-hybridized carbons (Fsp3) is 0.278. The zero-order valence-corrected chi connectivity index (χ0v) is 12.9. The van der Waals surface area contributed by atoms with E-state index in [0.29, 0.717) is 6.61 Å². The van der Waals surface area contributed by atoms with Gasteiger partial charge in [-0.05, 0) is 25.1 Å². The quantitative estimate of drug-likeness (QED) is 0.892. The fourth-order valence-electron chi connectivity index (χ4n) is 2.75. The van der Waals surface area contributed by atoms with Crippen molar-refractivity contribution in [3.05, 3.63) is 59.9 Å². The normalized spacial score (nSPS) is 17.2. The lowest BCUT2D eigenvalue weighted by molar-refractivity contribution is -0.115. The minimum absolute atomic E-state index is 0.0741. The number of nitrogens with one attached hydrogen (secondary N) is 2. The Bertz CT molecular complexity index is 705. The molecule has 23 heavy (non-hydrogen) atoms. The molecule has 0 aliphatic carbocycles. The maximum atomic E-state index is 13.5. The van der Waals surface area contributed by atoms with Gasteiger partial charge in [0, 0.05) is 17.5 Å². The van der Waals surface area contributed by atoms with E-state index in [1.807, 2.05) is 31.2 Å². The monoisotopic (exact) mass is 314 g/mol. The Morgan fingerprint density at radius 3 is 2.83 bits per heavy atom. The Labute approximate surface area is 134 Å². The molecule has 2 unspecified atom stereocenters. The lowest BCUT2D eigenvalue weighted by Gasteiger charge is -2.19. The first-order chi connectivity index (χ1) is 11.1. The summed E-state index contributed by atoms with van der Waals surface area (Å²) in [6.07, 6.45) is 0. The van der Waals surface area contributed by atoms with Gasteiger partial charge < -0.3 is 15.4 Å². The van der Waals surface area contributed by atoms with Gasteiger partial charge in [0.1, 0.15) is 11.6 Å². The number of rotatable bonds is 5. The smallest absolute Gasteiger partial charge is 0.238 e. The molecule has 0 fully saturated rings. The van der Waals surface area contributed by atoms with E-state index in [-0.39, 0.29) is 30.1 Å². The van der Waals surface area contributed by atoms with Crippen LogP contribution in [0.15, 0.2) is 48.5 Å². The number of benzene rings is 2. The van der Waals surface area contributed by atoms with Gasteiger partial charge in [-0.2, -0.15) is 0 Å². The average molecular weight is 314 g/mol. The molecule has 1 aliphatic heterocycles. The maximum absolute atomic E-state index is 13.5. The molecule has 1 aliphatic rings. The van der Waals surface area contributed by atoms with Crippen molar-refractivity contribution in [1.29, 1.82) is 0 Å². The summed E-state index contributed by atoms with van der Waals surface area (Å²) in [5.41, 5.74) is 1.35. The van der Waals surface area contributed by atoms with Crippen molar-refractivity contribution in [2.45, 2.75) is 18.9 Å². The lowest BCUT2D eigenvalue weighted by atomic mass is 9.94. The summed E-state index contributed by atoms with van der Waals surface area (Å²) < 4.78 is 19.2. The topological polar surface area (TPSA) is 50.4 Å². The first kappa shape index (κ1) is 15.5. The molecule has 1 heterocycles. The van der Waals surface area contributed by atoms with E-state index in [9.17, 15) is 9.18 Å². The first-order valence-electron chi connectivity index (χ1n) is 7.64. The molecule has 2 aromatic carbocycles. The van der Waals surface area contributed by atoms with Crippen LogP contribution in [0.25, 0.3) is 0 Å². The van der Waals surface area contributed by atoms with Gasteiger partial charge in [-0.15, -0.1) is 0 Å². The van der Waals surface area contributed by atoms with Crippen LogP contribution in [0, 0.1) is 5.82 Å². The van der Waals surface area contributed by atoms with Crippen LogP contribution in [0.3, 0.4) is 0 Å². The van der Waals surface area contributed by atoms with Crippen LogP contribution in [0.5, 0.6) is 5.75 Å². The summed E-state index contributed by atoms with van der Waals surface area (Å²) in [5, 5.41) is 5.76. The van der Waals surface area contributed by atoms with E-state index in [1.54, 1.807) is 12.1 Å². The highest BCUT2D eigenvalue weighted by atomic mass is 19.1. The Hall–Kier alpha value is -2.40. The maximum Gasteiger partial charge on any atom is 0.238 e. The van der Waals surface area contributed by atoms with Crippen LogP contribution in [-0.2, 0) is 4.79 Å². The highest BCUT2D eigenvalue weighted by Gasteiger charge is 2.28. The molecule has 0 saturated heterocycles. The van der Waals surface area contributed by atoms with E-state index in [0.717, 1.165) is 11.3 Å². The van der Waals surface area contributed by atoms with Gasteiger partial charge in [0.15, 0.2) is 0 Å². The molecule has 1 amide bonds. The van der Waals surface area contributed by atoms with E-state index in [2.05, 4.69) is 10.6 Å². The zero-order chi connectivity index (χ0) is 16.2. The Kier molecular flexibility index (Phi) is 4.57. The molecule has 2 aromatic rings. The Balaban J connectivity index is 1.54. The number of hydrogen-bond acceptors (Lipinski definition) is 3. The summed E-state index contributed by atoms with van der Waals surface area (Å²) in [4.78, 5) is 12.0. The molecule has 120 valence electrons. The first-order valence-corrected chi connectivity index (χ1v) is 7.64. The number of carbonyl (C=O) groups excluding carboxylic acids is 1. The Morgan fingerprint density at radius 2 is 2.00 bits per heavy atom. The predicted molar refractivity (Wildman–Crippen MR) is 87.2 cm³/mol. The second kappa shape index (κ2) is 6.79. The molecule has 0 bridgehead atoms. The van der Waals surface area contributed by atoms with Crippen molar-refractivity contribution < 1.29 is 13.9 Å². The third kappa shape index (κ3) is 3.51. The molecule has 0 aromatic heterocycles. The number of amides is 1. The number of para-hydroxylation sites is 2. The summed E-state index contributed by atoms with van der Waals surface area (Å²) in [6.45, 7) is 2.74. The summed E-state index contributed by atoms with van der Waals surface area (Å²) in [5.74, 6) is 0.399. The highest BCUT2D eigenvalue weighted by molar-refractivity contribution is 5.92. The van der Waals surface area contributed by atoms with Gasteiger partial charge >= 0.3 is 0 Å². The fourth-order valence-corrected chi connectivity index (χ4v) is 2.75. The number of ether oxygens (including phenoxy) is 1. The molecule has 2 N–H and O–H groups in total. The van der Waals surface area contributed by atoms with Crippen molar-refractivity contribution in [2.75, 3.05) is 18.5 Å². The average Bonchev–Trinajstić information content (AvgIpc) is 2.99. The third-order valence-electron chi connectivity index (χ3n) is 4.07. The largest absolute Gasteiger partial charge is 0.493 e. The molecule has 4 nitrogen and oxygen atoms in total. The minimum Gasteiger partial charge on any atom is -0.493 e. The van der Waals surface area contributed by atoms with Crippen molar-refractivity contribution in [2.24, 2.45) is 0 Å². The van der Waals surface area contributed by atoms with Crippen LogP contribution < -0.4 is 15.4 Å². The van der Waals surface area contributed by atoms with E-state index >= 15 is 0 Å². The van der Waals surface area contributed by atoms with Crippen LogP contribution in [0.1, 0.15) is 18.4 Å². The van der Waals surface area contributed by atoms with Gasteiger partial charge in [0.25, 0.3) is 0 Å². The molecule has 0 spiro atoms. The van der Waals surface area contributed by atoms with Gasteiger partial charge in [-0.25, -0.2) is 4.39 Å². The summed E-state index contributed by atoms with van der Waals surface area (Å²) in [7, 11) is 0. The standard InChI is InChI=1S/C18H19FN2O2/c1-12(14-11-23-17-9-5-2-6-13(14)17)20-10-18(22)21-16-8-4-3-7-15(16)19/h2-9,12,14,20H,10-11H2,1H3,(H,21,22). The number of fused-ring (bicyclic) bond motifs is 1. The number of hydrogen-bond donors (Lipinski definition) is 2. The van der Waals surface area contributed by atoms with Crippen molar-refractivity contribution in [1.82, 2.24) is 5.32 Å². The van der Waals surface area contributed by atoms with E-state index in [4.69, 9.17) is 4.74 Å². The summed E-state index contributed by atoms with van der Waals surface area (Å²) >= 11 is 0. The van der Waals surface area contributed by atoms with Gasteiger partial charge in [0.05, 0.1) is 18.8 Å². The van der Waals surface area contributed by atoms with Crippen molar-refractivity contribution >= 4 is 11.6 Å². The predicted octanol–water partition coefficient (Wildman–Crippen LogP) is 2.92. The summed E-state index contributed by atoms with van der Waals surface area (Å²) in [6, 6.07) is 14.1. The highest BCUT2D eigenvalue weighted by Crippen LogP contribution is 2.35. The molecule has 3 rings (SSSR count). The number of anilines is 1. The van der Waals surface area contributed by atoms with Crippen LogP contribution in [0.4, 0.5) is 10.1 Å². The van der Waals surface area contributed by atoms with Crippen LogP contribution in [-0.4, -0.2) is 25.1 Å². The van der Waals surface area contributed by atoms with Crippen LogP contribution >= 0.6 is 0 Å². The number of halogens is 1. The second-order valence-electron chi connectivity index (χ2n) is 5.65. The van der Waals surface area contributed by atoms with E-state index in [1.165, 1.54) is 12.1 Å². The Morgan fingerprint density at radius 1 is 1.26 bits per heavy atom. The van der Waals surface area contributed by atoms with Gasteiger partial charge in [-0.1, -0.05) is 30.3 Å². The molecular formula is C18H19FN2O2. The van der Waals surface area contributed by atoms with Crippen molar-refractivity contribution in [3.63, 3.8) is 0 Å². The second-order valence-corrected chi connectivity index (χ2v) is 5.65. The SMILES string of the molecule is CC(NCC(=O)Nc1ccccc1F)C1COc2ccccc21. The zero-order valence-electron chi connectivity index (χ0n) is 12.9. The van der Waals surface area contributed by atoms with Crippen LogP contribution in [0.2, 0.25) is 0 Å². The minimum atomic E-state index is -0.438. The molecular weight excluding hydrogens is 295 g/mol. The molecule has 5 heteroatoms. The molecule has 0 radical (unpaired) electrons. The lowest BCUT2D eigenvalue weighted by Crippen LogP contribution is -2.38.